The van der Waals surface area contributed by atoms with Gasteiger partial charge in [0.05, 0.1) is 0 Å². The summed E-state index contributed by atoms with van der Waals surface area (Å²) in [6.45, 7) is 12.2. The molecule has 0 bridgehead atoms. The third kappa shape index (κ3) is 20.2. The molecule has 0 aromatic rings. The molecule has 162 valence electrons. The molecule has 0 aliphatic heterocycles. The summed E-state index contributed by atoms with van der Waals surface area (Å²) >= 11 is 0. The Morgan fingerprint density at radius 3 is 1.56 bits per heavy atom. The highest BCUT2D eigenvalue weighted by Crippen LogP contribution is 2.13. The van der Waals surface area contributed by atoms with Crippen molar-refractivity contribution >= 4 is 23.0 Å². The Morgan fingerprint density at radius 1 is 0.815 bits per heavy atom. The van der Waals surface area contributed by atoms with Crippen LogP contribution in [0.25, 0.3) is 0 Å². The van der Waals surface area contributed by atoms with Crippen molar-refractivity contribution in [2.24, 2.45) is 0 Å². The van der Waals surface area contributed by atoms with Crippen molar-refractivity contribution in [2.75, 3.05) is 6.54 Å². The van der Waals surface area contributed by atoms with Gasteiger partial charge in [0.2, 0.25) is 0 Å². The van der Waals surface area contributed by atoms with E-state index in [1.165, 1.54) is 83.5 Å². The van der Waals surface area contributed by atoms with Gasteiger partial charge in [0.1, 0.15) is 0 Å². The van der Waals surface area contributed by atoms with Crippen molar-refractivity contribution < 1.29 is 9.53 Å². The molecule has 0 unspecified atom stereocenters. The minimum absolute atomic E-state index is 0. The Labute approximate surface area is 179 Å². The van der Waals surface area contributed by atoms with Gasteiger partial charge in [-0.2, -0.15) is 0 Å². The molecule has 0 aliphatic rings. The summed E-state index contributed by atoms with van der Waals surface area (Å²) in [5.41, 5.74) is -0.177. The van der Waals surface area contributed by atoms with Gasteiger partial charge in [-0.25, -0.2) is 4.79 Å². The summed E-state index contributed by atoms with van der Waals surface area (Å²) in [5, 5.41) is 3.30. The molecule has 27 heavy (non-hydrogen) atoms. The maximum Gasteiger partial charge on any atom is 0.334 e. The summed E-state index contributed by atoms with van der Waals surface area (Å²) in [6.07, 6.45) is 19.1. The van der Waals surface area contributed by atoms with Crippen molar-refractivity contribution in [3.05, 3.63) is 12.2 Å². The third-order valence-corrected chi connectivity index (χ3v) is 4.78. The molecule has 0 atom stereocenters. The average Bonchev–Trinajstić information content (AvgIpc) is 2.57. The van der Waals surface area contributed by atoms with Crippen LogP contribution in [-0.4, -0.2) is 18.2 Å². The van der Waals surface area contributed by atoms with Crippen LogP contribution in [0, 0.1) is 0 Å². The third-order valence-electron chi connectivity index (χ3n) is 4.78. The summed E-state index contributed by atoms with van der Waals surface area (Å²) in [5.74, 6) is -0.330. The normalized spacial score (nSPS) is 11.1. The van der Waals surface area contributed by atoms with Gasteiger partial charge < -0.3 is 4.74 Å². The molecule has 0 heterocycles. The molecule has 4 heteroatoms. The van der Waals surface area contributed by atoms with Gasteiger partial charge in [-0.05, 0) is 33.7 Å². The second-order valence-electron chi connectivity index (χ2n) is 8.20. The first-order valence-corrected chi connectivity index (χ1v) is 11.0. The lowest BCUT2D eigenvalue weighted by Gasteiger charge is -2.26. The summed E-state index contributed by atoms with van der Waals surface area (Å²) in [4.78, 5) is 11.6. The molecule has 0 saturated carbocycles. The van der Waals surface area contributed by atoms with E-state index < -0.39 is 5.72 Å². The maximum absolute atomic E-state index is 11.6. The number of rotatable bonds is 18. The summed E-state index contributed by atoms with van der Waals surface area (Å²) < 4.78 is 5.37. The molecule has 0 saturated heterocycles. The van der Waals surface area contributed by atoms with Crippen molar-refractivity contribution in [3.8, 4) is 0 Å². The number of unbranched alkanes of at least 4 members (excludes halogenated alkanes) is 13. The van der Waals surface area contributed by atoms with E-state index in [-0.39, 0.29) is 23.0 Å². The molecule has 0 aliphatic carbocycles. The molecule has 0 aromatic carbocycles. The quantitative estimate of drug-likeness (QED) is 0.102. The minimum Gasteiger partial charge on any atom is -0.441 e. The van der Waals surface area contributed by atoms with E-state index in [2.05, 4.69) is 18.8 Å². The number of hydrogen-bond donors (Lipinski definition) is 1. The molecular weight excluding hydrogens is 402 g/mol. The topological polar surface area (TPSA) is 38.3 Å². The molecule has 0 rings (SSSR count). The van der Waals surface area contributed by atoms with Crippen molar-refractivity contribution in [3.63, 3.8) is 0 Å². The SMILES string of the molecule is Br.C=C(C)C(=O)OC(C)(C)NCCCCCCCCCCCCCCCC. The Hall–Kier alpha value is -0.350. The van der Waals surface area contributed by atoms with Gasteiger partial charge in [-0.3, -0.25) is 5.32 Å². The number of nitrogens with one attached hydrogen (secondary N) is 1. The number of carbonyl (C=O) groups excluding carboxylic acids is 1. The van der Waals surface area contributed by atoms with E-state index in [1.54, 1.807) is 6.92 Å². The molecule has 1 N–H and O–H groups in total. The highest BCUT2D eigenvalue weighted by atomic mass is 79.9. The van der Waals surface area contributed by atoms with Crippen LogP contribution in [0.15, 0.2) is 12.2 Å². The fourth-order valence-electron chi connectivity index (χ4n) is 3.06. The zero-order valence-corrected chi connectivity index (χ0v) is 20.3. The number of halogens is 1. The first-order chi connectivity index (χ1) is 12.4. The number of hydrogen-bond acceptors (Lipinski definition) is 3. The highest BCUT2D eigenvalue weighted by molar-refractivity contribution is 8.93. The van der Waals surface area contributed by atoms with Crippen LogP contribution >= 0.6 is 17.0 Å². The van der Waals surface area contributed by atoms with E-state index in [1.807, 2.05) is 13.8 Å². The van der Waals surface area contributed by atoms with Crippen LogP contribution in [0.1, 0.15) is 118 Å². The standard InChI is InChI=1S/C23H45NO2.BrH/c1-6-7-8-9-10-11-12-13-14-15-16-17-18-19-20-24-23(4,5)26-22(25)21(2)3;/h24H,2,6-20H2,1,3-5H3;1H. The second-order valence-corrected chi connectivity index (χ2v) is 8.20. The summed E-state index contributed by atoms with van der Waals surface area (Å²) in [6, 6.07) is 0. The Morgan fingerprint density at radius 2 is 1.19 bits per heavy atom. The number of ether oxygens (including phenoxy) is 1. The monoisotopic (exact) mass is 447 g/mol. The van der Waals surface area contributed by atoms with Crippen LogP contribution in [0.2, 0.25) is 0 Å². The average molecular weight is 449 g/mol. The highest BCUT2D eigenvalue weighted by Gasteiger charge is 2.21. The van der Waals surface area contributed by atoms with Gasteiger partial charge in [0.25, 0.3) is 0 Å². The Balaban J connectivity index is 0. The van der Waals surface area contributed by atoms with Gasteiger partial charge in [-0.1, -0.05) is 97.0 Å². The van der Waals surface area contributed by atoms with Crippen LogP contribution in [0.3, 0.4) is 0 Å². The van der Waals surface area contributed by atoms with Crippen LogP contribution < -0.4 is 5.32 Å². The lowest BCUT2D eigenvalue weighted by Crippen LogP contribution is -2.44. The first-order valence-electron chi connectivity index (χ1n) is 11.0. The lowest BCUT2D eigenvalue weighted by atomic mass is 10.0. The fraction of sp³-hybridized carbons (Fsp3) is 0.870. The van der Waals surface area contributed by atoms with Gasteiger partial charge in [0.15, 0.2) is 5.72 Å². The molecule has 3 nitrogen and oxygen atoms in total. The van der Waals surface area contributed by atoms with Crippen molar-refractivity contribution in [1.29, 1.82) is 0 Å². The second kappa shape index (κ2) is 19.0. The van der Waals surface area contributed by atoms with E-state index >= 15 is 0 Å². The van der Waals surface area contributed by atoms with E-state index in [9.17, 15) is 4.79 Å². The number of esters is 1. The van der Waals surface area contributed by atoms with Crippen LogP contribution in [0.5, 0.6) is 0 Å². The Bertz CT molecular complexity index is 369. The van der Waals surface area contributed by atoms with E-state index in [0.717, 1.165) is 13.0 Å². The minimum atomic E-state index is -0.618. The van der Waals surface area contributed by atoms with Gasteiger partial charge in [0, 0.05) is 5.57 Å². The van der Waals surface area contributed by atoms with Crippen molar-refractivity contribution in [2.45, 2.75) is 123 Å². The van der Waals surface area contributed by atoms with Gasteiger partial charge in [-0.15, -0.1) is 17.0 Å². The van der Waals surface area contributed by atoms with Crippen molar-refractivity contribution in [1.82, 2.24) is 5.32 Å². The predicted molar refractivity (Wildman–Crippen MR) is 124 cm³/mol. The zero-order chi connectivity index (χ0) is 19.7. The lowest BCUT2D eigenvalue weighted by molar-refractivity contribution is -0.154. The molecule has 0 aromatic heterocycles. The fourth-order valence-corrected chi connectivity index (χ4v) is 3.06. The molecule has 0 spiro atoms. The predicted octanol–water partition coefficient (Wildman–Crippen LogP) is 7.49. The van der Waals surface area contributed by atoms with Crippen LogP contribution in [-0.2, 0) is 9.53 Å². The maximum atomic E-state index is 11.6. The molecule has 0 fully saturated rings. The number of carbonyl (C=O) groups is 1. The molecule has 0 amide bonds. The summed E-state index contributed by atoms with van der Waals surface area (Å²) in [7, 11) is 0. The molecular formula is C23H46BrNO2. The Kier molecular flexibility index (Phi) is 20.3. The molecule has 0 radical (unpaired) electrons. The van der Waals surface area contributed by atoms with E-state index in [0.29, 0.717) is 5.57 Å². The first kappa shape index (κ1) is 28.9. The van der Waals surface area contributed by atoms with Crippen LogP contribution in [0.4, 0.5) is 0 Å². The zero-order valence-electron chi connectivity index (χ0n) is 18.5. The van der Waals surface area contributed by atoms with E-state index in [4.69, 9.17) is 4.74 Å². The smallest absolute Gasteiger partial charge is 0.334 e. The van der Waals surface area contributed by atoms with Gasteiger partial charge >= 0.3 is 5.97 Å². The largest absolute Gasteiger partial charge is 0.441 e.